The molecule has 0 bridgehead atoms. The van der Waals surface area contributed by atoms with Gasteiger partial charge in [-0.1, -0.05) is 25.5 Å². The number of hydrogen-bond donors (Lipinski definition) is 1. The van der Waals surface area contributed by atoms with Gasteiger partial charge in [-0.05, 0) is 44.0 Å². The summed E-state index contributed by atoms with van der Waals surface area (Å²) in [5.41, 5.74) is 7.56. The van der Waals surface area contributed by atoms with Crippen molar-refractivity contribution in [2.24, 2.45) is 11.1 Å². The molecule has 0 saturated heterocycles. The minimum absolute atomic E-state index is 0.0760. The van der Waals surface area contributed by atoms with Crippen molar-refractivity contribution < 1.29 is 9.21 Å². The number of carbonyl (C=O) groups is 1. The highest BCUT2D eigenvalue weighted by Gasteiger charge is 2.25. The number of benzene rings is 1. The molecule has 4 heteroatoms. The molecule has 2 rings (SSSR count). The van der Waals surface area contributed by atoms with Crippen molar-refractivity contribution in [1.29, 1.82) is 0 Å². The number of nitrogens with two attached hydrogens (primary N) is 1. The van der Waals surface area contributed by atoms with Gasteiger partial charge in [-0.25, -0.2) is 0 Å². The van der Waals surface area contributed by atoms with E-state index in [1.807, 2.05) is 38.1 Å². The van der Waals surface area contributed by atoms with Gasteiger partial charge in [-0.3, -0.25) is 4.79 Å². The summed E-state index contributed by atoms with van der Waals surface area (Å²) >= 11 is 0. The van der Waals surface area contributed by atoms with Crippen LogP contribution in [0.15, 0.2) is 28.7 Å². The second-order valence-electron chi connectivity index (χ2n) is 6.34. The third-order valence-electron chi connectivity index (χ3n) is 3.72. The van der Waals surface area contributed by atoms with Crippen LogP contribution >= 0.6 is 0 Å². The summed E-state index contributed by atoms with van der Waals surface area (Å²) in [6.45, 7) is 9.91. The Bertz CT molecular complexity index is 643. The molecule has 0 atom stereocenters. The second kappa shape index (κ2) is 5.90. The SMILES string of the molecule is CCN(CC(C)(C)CN)C(=O)c1cc2cc(C)ccc2o1. The highest BCUT2D eigenvalue weighted by atomic mass is 16.3. The molecule has 0 spiro atoms. The third kappa shape index (κ3) is 3.45. The molecule has 2 N–H and O–H groups in total. The lowest BCUT2D eigenvalue weighted by molar-refractivity contribution is 0.0671. The van der Waals surface area contributed by atoms with Crippen LogP contribution in [0.4, 0.5) is 0 Å². The van der Waals surface area contributed by atoms with Crippen LogP contribution in [0.25, 0.3) is 11.0 Å². The summed E-state index contributed by atoms with van der Waals surface area (Å²) in [7, 11) is 0. The minimum Gasteiger partial charge on any atom is -0.451 e. The molecule has 0 radical (unpaired) electrons. The Hall–Kier alpha value is -1.81. The van der Waals surface area contributed by atoms with E-state index in [0.717, 1.165) is 16.5 Å². The van der Waals surface area contributed by atoms with E-state index in [-0.39, 0.29) is 11.3 Å². The first-order valence-electron chi connectivity index (χ1n) is 7.36. The highest BCUT2D eigenvalue weighted by Crippen LogP contribution is 2.23. The van der Waals surface area contributed by atoms with Crippen molar-refractivity contribution in [1.82, 2.24) is 4.90 Å². The monoisotopic (exact) mass is 288 g/mol. The van der Waals surface area contributed by atoms with Gasteiger partial charge in [0.2, 0.25) is 0 Å². The van der Waals surface area contributed by atoms with Crippen molar-refractivity contribution in [3.8, 4) is 0 Å². The lowest BCUT2D eigenvalue weighted by Gasteiger charge is -2.30. The molecular weight excluding hydrogens is 264 g/mol. The Morgan fingerprint density at radius 3 is 2.67 bits per heavy atom. The van der Waals surface area contributed by atoms with Gasteiger partial charge in [-0.2, -0.15) is 0 Å². The molecule has 1 aromatic heterocycles. The van der Waals surface area contributed by atoms with Crippen molar-refractivity contribution in [3.05, 3.63) is 35.6 Å². The molecule has 21 heavy (non-hydrogen) atoms. The zero-order valence-electron chi connectivity index (χ0n) is 13.3. The van der Waals surface area contributed by atoms with Crippen molar-refractivity contribution in [3.63, 3.8) is 0 Å². The van der Waals surface area contributed by atoms with E-state index in [1.165, 1.54) is 0 Å². The summed E-state index contributed by atoms with van der Waals surface area (Å²) in [4.78, 5) is 14.4. The average Bonchev–Trinajstić information content (AvgIpc) is 2.87. The molecular formula is C17H24N2O2. The summed E-state index contributed by atoms with van der Waals surface area (Å²) < 4.78 is 5.69. The molecule has 2 aromatic rings. The summed E-state index contributed by atoms with van der Waals surface area (Å²) in [5.74, 6) is 0.318. The molecule has 0 fully saturated rings. The predicted octanol–water partition coefficient (Wildman–Crippen LogP) is 3.19. The quantitative estimate of drug-likeness (QED) is 0.919. The van der Waals surface area contributed by atoms with Crippen LogP contribution in [0.5, 0.6) is 0 Å². The van der Waals surface area contributed by atoms with Crippen LogP contribution in [-0.4, -0.2) is 30.4 Å². The van der Waals surface area contributed by atoms with Gasteiger partial charge >= 0.3 is 0 Å². The summed E-state index contributed by atoms with van der Waals surface area (Å²) in [6, 6.07) is 7.73. The van der Waals surface area contributed by atoms with Gasteiger partial charge in [0.15, 0.2) is 5.76 Å². The Kier molecular flexibility index (Phi) is 4.37. The zero-order chi connectivity index (χ0) is 15.6. The fourth-order valence-electron chi connectivity index (χ4n) is 2.33. The molecule has 4 nitrogen and oxygen atoms in total. The van der Waals surface area contributed by atoms with E-state index in [4.69, 9.17) is 10.2 Å². The number of amides is 1. The molecule has 1 heterocycles. The molecule has 0 unspecified atom stereocenters. The summed E-state index contributed by atoms with van der Waals surface area (Å²) in [6.07, 6.45) is 0. The fraction of sp³-hybridized carbons (Fsp3) is 0.471. The Morgan fingerprint density at radius 2 is 2.05 bits per heavy atom. The number of carbonyl (C=O) groups excluding carboxylic acids is 1. The van der Waals surface area contributed by atoms with Crippen LogP contribution in [-0.2, 0) is 0 Å². The van der Waals surface area contributed by atoms with Crippen LogP contribution in [0, 0.1) is 12.3 Å². The Balaban J connectivity index is 2.27. The smallest absolute Gasteiger partial charge is 0.289 e. The maximum Gasteiger partial charge on any atom is 0.289 e. The third-order valence-corrected chi connectivity index (χ3v) is 3.72. The topological polar surface area (TPSA) is 59.5 Å². The van der Waals surface area contributed by atoms with E-state index in [1.54, 1.807) is 4.90 Å². The first-order chi connectivity index (χ1) is 9.86. The maximum absolute atomic E-state index is 12.6. The number of hydrogen-bond acceptors (Lipinski definition) is 3. The van der Waals surface area contributed by atoms with Crippen LogP contribution in [0.1, 0.15) is 36.9 Å². The molecule has 0 aliphatic heterocycles. The van der Waals surface area contributed by atoms with E-state index in [2.05, 4.69) is 13.8 Å². The predicted molar refractivity (Wildman–Crippen MR) is 85.4 cm³/mol. The Labute approximate surface area is 125 Å². The van der Waals surface area contributed by atoms with Crippen molar-refractivity contribution in [2.45, 2.75) is 27.7 Å². The number of furan rings is 1. The van der Waals surface area contributed by atoms with Gasteiger partial charge in [0.25, 0.3) is 5.91 Å². The van der Waals surface area contributed by atoms with Gasteiger partial charge < -0.3 is 15.1 Å². The van der Waals surface area contributed by atoms with E-state index < -0.39 is 0 Å². The van der Waals surface area contributed by atoms with E-state index >= 15 is 0 Å². The van der Waals surface area contributed by atoms with Gasteiger partial charge in [0, 0.05) is 18.5 Å². The van der Waals surface area contributed by atoms with Gasteiger partial charge in [0.05, 0.1) is 0 Å². The van der Waals surface area contributed by atoms with Crippen LogP contribution < -0.4 is 5.73 Å². The van der Waals surface area contributed by atoms with Crippen LogP contribution in [0.2, 0.25) is 0 Å². The van der Waals surface area contributed by atoms with E-state index in [9.17, 15) is 4.79 Å². The van der Waals surface area contributed by atoms with Gasteiger partial charge in [0.1, 0.15) is 5.58 Å². The number of nitrogens with zero attached hydrogens (tertiary/aromatic N) is 1. The lowest BCUT2D eigenvalue weighted by atomic mass is 9.93. The molecule has 1 amide bonds. The molecule has 114 valence electrons. The first-order valence-corrected chi connectivity index (χ1v) is 7.36. The Morgan fingerprint density at radius 1 is 1.33 bits per heavy atom. The van der Waals surface area contributed by atoms with E-state index in [0.29, 0.717) is 25.4 Å². The van der Waals surface area contributed by atoms with Crippen LogP contribution in [0.3, 0.4) is 0 Å². The highest BCUT2D eigenvalue weighted by molar-refractivity contribution is 5.96. The first kappa shape index (κ1) is 15.6. The van der Waals surface area contributed by atoms with Crippen molar-refractivity contribution >= 4 is 16.9 Å². The minimum atomic E-state index is -0.103. The normalized spacial score (nSPS) is 11.9. The van der Waals surface area contributed by atoms with Crippen molar-refractivity contribution in [2.75, 3.05) is 19.6 Å². The maximum atomic E-state index is 12.6. The zero-order valence-corrected chi connectivity index (χ0v) is 13.3. The number of fused-ring (bicyclic) bond motifs is 1. The molecule has 0 aliphatic carbocycles. The summed E-state index contributed by atoms with van der Waals surface area (Å²) in [5, 5.41) is 0.965. The largest absolute Gasteiger partial charge is 0.451 e. The number of aryl methyl sites for hydroxylation is 1. The molecule has 0 aliphatic rings. The second-order valence-corrected chi connectivity index (χ2v) is 6.34. The lowest BCUT2D eigenvalue weighted by Crippen LogP contribution is -2.41. The van der Waals surface area contributed by atoms with Gasteiger partial charge in [-0.15, -0.1) is 0 Å². The fourth-order valence-corrected chi connectivity index (χ4v) is 2.33. The molecule has 1 aromatic carbocycles. The average molecular weight is 288 g/mol. The molecule has 0 saturated carbocycles. The number of rotatable bonds is 5. The standard InChI is InChI=1S/C17H24N2O2/c1-5-19(11-17(3,4)10-18)16(20)15-9-13-8-12(2)6-7-14(13)21-15/h6-9H,5,10-11,18H2,1-4H3.